The number of imidazole rings is 1. The molecule has 1 aliphatic rings. The Bertz CT molecular complexity index is 1470. The zero-order valence-corrected chi connectivity index (χ0v) is 20.6. The summed E-state index contributed by atoms with van der Waals surface area (Å²) in [5.74, 6) is 0.820. The van der Waals surface area contributed by atoms with Crippen molar-refractivity contribution in [2.75, 3.05) is 37.9 Å². The zero-order valence-electron chi connectivity index (χ0n) is 20.6. The number of methoxy groups -OCH3 is 1. The molecule has 0 spiro atoms. The highest BCUT2D eigenvalue weighted by Gasteiger charge is 2.23. The van der Waals surface area contributed by atoms with Gasteiger partial charge >= 0.3 is 0 Å². The van der Waals surface area contributed by atoms with Crippen LogP contribution in [-0.4, -0.2) is 58.5 Å². The van der Waals surface area contributed by atoms with E-state index in [0.29, 0.717) is 39.9 Å². The highest BCUT2D eigenvalue weighted by molar-refractivity contribution is 6.00. The number of amides is 1. The van der Waals surface area contributed by atoms with Crippen molar-refractivity contribution < 1.29 is 18.7 Å². The van der Waals surface area contributed by atoms with Crippen LogP contribution in [0.1, 0.15) is 6.42 Å². The van der Waals surface area contributed by atoms with Crippen LogP contribution < -0.4 is 20.1 Å². The van der Waals surface area contributed by atoms with Crippen LogP contribution in [0.5, 0.6) is 11.5 Å². The highest BCUT2D eigenvalue weighted by Crippen LogP contribution is 2.39. The predicted octanol–water partition coefficient (Wildman–Crippen LogP) is 4.50. The Morgan fingerprint density at radius 2 is 2.05 bits per heavy atom. The van der Waals surface area contributed by atoms with Gasteiger partial charge in [0.25, 0.3) is 0 Å². The van der Waals surface area contributed by atoms with Crippen LogP contribution in [0, 0.1) is 5.82 Å². The van der Waals surface area contributed by atoms with Crippen LogP contribution in [0.15, 0.2) is 67.6 Å². The fourth-order valence-electron chi connectivity index (χ4n) is 4.33. The molecule has 1 aliphatic heterocycles. The molecule has 1 atom stereocenters. The van der Waals surface area contributed by atoms with Crippen molar-refractivity contribution in [1.82, 2.24) is 19.3 Å². The van der Waals surface area contributed by atoms with E-state index in [-0.39, 0.29) is 17.8 Å². The van der Waals surface area contributed by atoms with Gasteiger partial charge in [-0.25, -0.2) is 14.4 Å². The number of rotatable bonds is 8. The van der Waals surface area contributed by atoms with E-state index in [2.05, 4.69) is 32.1 Å². The lowest BCUT2D eigenvalue weighted by Gasteiger charge is -2.20. The van der Waals surface area contributed by atoms with E-state index >= 15 is 0 Å². The fraction of sp³-hybridized carbons (Fsp3) is 0.222. The maximum absolute atomic E-state index is 13.8. The van der Waals surface area contributed by atoms with E-state index in [1.54, 1.807) is 43.9 Å². The average Bonchev–Trinajstić information content (AvgIpc) is 3.50. The first kappa shape index (κ1) is 24.3. The lowest BCUT2D eigenvalue weighted by Crippen LogP contribution is -2.22. The summed E-state index contributed by atoms with van der Waals surface area (Å²) in [5.41, 5.74) is 3.07. The summed E-state index contributed by atoms with van der Waals surface area (Å²) in [6.07, 6.45) is 7.14. The second kappa shape index (κ2) is 10.3. The molecule has 5 rings (SSSR count). The molecular formula is C27H27FN6O3. The third kappa shape index (κ3) is 5.24. The van der Waals surface area contributed by atoms with Gasteiger partial charge in [-0.1, -0.05) is 18.7 Å². The van der Waals surface area contributed by atoms with E-state index in [4.69, 9.17) is 9.47 Å². The third-order valence-electron chi connectivity index (χ3n) is 6.17. The molecule has 0 bridgehead atoms. The first-order valence-electron chi connectivity index (χ1n) is 11.8. The molecule has 190 valence electrons. The van der Waals surface area contributed by atoms with Crippen LogP contribution in [-0.2, 0) is 4.79 Å². The van der Waals surface area contributed by atoms with Crippen molar-refractivity contribution in [2.24, 2.45) is 0 Å². The second-order valence-electron chi connectivity index (χ2n) is 8.81. The minimum absolute atomic E-state index is 0.000502. The number of carbonyl (C=O) groups excluding carboxylic acids is 1. The first-order valence-corrected chi connectivity index (χ1v) is 11.8. The van der Waals surface area contributed by atoms with E-state index in [9.17, 15) is 9.18 Å². The molecule has 9 nitrogen and oxygen atoms in total. The van der Waals surface area contributed by atoms with Gasteiger partial charge in [0, 0.05) is 24.7 Å². The van der Waals surface area contributed by atoms with Crippen LogP contribution in [0.4, 0.5) is 21.6 Å². The molecule has 2 aromatic heterocycles. The van der Waals surface area contributed by atoms with E-state index < -0.39 is 0 Å². The number of hydrogen-bond donors (Lipinski definition) is 2. The molecule has 2 aromatic carbocycles. The summed E-state index contributed by atoms with van der Waals surface area (Å²) >= 11 is 0. The van der Waals surface area contributed by atoms with Gasteiger partial charge in [0.2, 0.25) is 5.91 Å². The minimum atomic E-state index is -0.359. The van der Waals surface area contributed by atoms with Gasteiger partial charge in [0.05, 0.1) is 42.8 Å². The number of carbonyl (C=O) groups is 1. The Morgan fingerprint density at radius 3 is 2.78 bits per heavy atom. The Kier molecular flexibility index (Phi) is 6.74. The van der Waals surface area contributed by atoms with Gasteiger partial charge in [0.1, 0.15) is 29.2 Å². The summed E-state index contributed by atoms with van der Waals surface area (Å²) in [6, 6.07) is 9.80. The summed E-state index contributed by atoms with van der Waals surface area (Å²) in [4.78, 5) is 23.2. The van der Waals surface area contributed by atoms with Crippen molar-refractivity contribution in [3.05, 3.63) is 73.5 Å². The standard InChI is InChI=1S/C27H27FN6O3/c1-4-27(35)32-21-11-20(23(36-3)12-24(21)37-19-8-9-33(2)15-19)31-25-16-34-22(13-30-26(34)14-29-25)17-6-5-7-18(28)10-17/h4-7,10-14,16,19,31H,1,8-9,15H2,2-3H3,(H,32,35). The Hall–Kier alpha value is -4.44. The summed E-state index contributed by atoms with van der Waals surface area (Å²) < 4.78 is 27.5. The maximum Gasteiger partial charge on any atom is 0.247 e. The molecule has 37 heavy (non-hydrogen) atoms. The Balaban J connectivity index is 1.50. The summed E-state index contributed by atoms with van der Waals surface area (Å²) in [7, 11) is 3.60. The maximum atomic E-state index is 13.8. The number of anilines is 3. The number of benzene rings is 2. The molecule has 4 aromatic rings. The van der Waals surface area contributed by atoms with Crippen LogP contribution in [0.3, 0.4) is 0 Å². The molecule has 1 unspecified atom stereocenters. The van der Waals surface area contributed by atoms with Crippen molar-refractivity contribution in [3.8, 4) is 22.8 Å². The van der Waals surface area contributed by atoms with E-state index in [0.717, 1.165) is 25.2 Å². The lowest BCUT2D eigenvalue weighted by molar-refractivity contribution is -0.111. The van der Waals surface area contributed by atoms with Gasteiger partial charge in [-0.2, -0.15) is 0 Å². The molecule has 1 saturated heterocycles. The topological polar surface area (TPSA) is 93.0 Å². The smallest absolute Gasteiger partial charge is 0.247 e. The number of likely N-dealkylation sites (tertiary alicyclic amines) is 1. The van der Waals surface area contributed by atoms with E-state index in [1.807, 2.05) is 17.5 Å². The normalized spacial score (nSPS) is 15.5. The van der Waals surface area contributed by atoms with Crippen LogP contribution in [0.25, 0.3) is 16.9 Å². The second-order valence-corrected chi connectivity index (χ2v) is 8.81. The monoisotopic (exact) mass is 502 g/mol. The third-order valence-corrected chi connectivity index (χ3v) is 6.17. The number of fused-ring (bicyclic) bond motifs is 1. The molecule has 10 heteroatoms. The van der Waals surface area contributed by atoms with Gasteiger partial charge in [-0.3, -0.25) is 9.20 Å². The number of likely N-dealkylation sites (N-methyl/N-ethyl adjacent to an activating group) is 1. The molecule has 1 amide bonds. The molecule has 1 fully saturated rings. The molecule has 3 heterocycles. The van der Waals surface area contributed by atoms with Crippen molar-refractivity contribution in [1.29, 1.82) is 0 Å². The number of halogens is 1. The minimum Gasteiger partial charge on any atom is -0.494 e. The largest absolute Gasteiger partial charge is 0.494 e. The van der Waals surface area contributed by atoms with Crippen molar-refractivity contribution >= 4 is 28.7 Å². The average molecular weight is 503 g/mol. The van der Waals surface area contributed by atoms with Gasteiger partial charge in [-0.15, -0.1) is 0 Å². The molecule has 0 saturated carbocycles. The fourth-order valence-corrected chi connectivity index (χ4v) is 4.33. The number of ether oxygens (including phenoxy) is 2. The summed E-state index contributed by atoms with van der Waals surface area (Å²) in [5, 5.41) is 6.08. The van der Waals surface area contributed by atoms with Gasteiger partial charge in [0.15, 0.2) is 5.65 Å². The molecule has 0 radical (unpaired) electrons. The van der Waals surface area contributed by atoms with Crippen LogP contribution in [0.2, 0.25) is 0 Å². The van der Waals surface area contributed by atoms with Gasteiger partial charge < -0.3 is 25.0 Å². The predicted molar refractivity (Wildman–Crippen MR) is 140 cm³/mol. The van der Waals surface area contributed by atoms with Gasteiger partial charge in [-0.05, 0) is 37.7 Å². The Labute approximate surface area is 213 Å². The Morgan fingerprint density at radius 1 is 1.19 bits per heavy atom. The quantitative estimate of drug-likeness (QED) is 0.343. The lowest BCUT2D eigenvalue weighted by atomic mass is 10.1. The van der Waals surface area contributed by atoms with Crippen molar-refractivity contribution in [2.45, 2.75) is 12.5 Å². The summed E-state index contributed by atoms with van der Waals surface area (Å²) in [6.45, 7) is 5.28. The molecule has 2 N–H and O–H groups in total. The van der Waals surface area contributed by atoms with Crippen LogP contribution >= 0.6 is 0 Å². The highest BCUT2D eigenvalue weighted by atomic mass is 19.1. The number of aromatic nitrogens is 3. The molecule has 0 aliphatic carbocycles. The number of nitrogens with one attached hydrogen (secondary N) is 2. The van der Waals surface area contributed by atoms with Crippen molar-refractivity contribution in [3.63, 3.8) is 0 Å². The molecular weight excluding hydrogens is 475 g/mol. The zero-order chi connectivity index (χ0) is 25.9. The SMILES string of the molecule is C=CC(=O)Nc1cc(Nc2cn3c(-c4cccc(F)c4)cnc3cn2)c(OC)cc1OC1CCN(C)C1. The van der Waals surface area contributed by atoms with E-state index in [1.165, 1.54) is 18.2 Å². The first-order chi connectivity index (χ1) is 17.9. The number of nitrogens with zero attached hydrogens (tertiary/aromatic N) is 4. The number of hydrogen-bond acceptors (Lipinski definition) is 7.